The highest BCUT2D eigenvalue weighted by molar-refractivity contribution is 5.59. The molecule has 4 heteroatoms. The van der Waals surface area contributed by atoms with E-state index in [4.69, 9.17) is 4.98 Å². The molecular formula is C16H28N4. The standard InChI is InChI=1S/C16H28N4/c1-6-17-15-12(4)16(19-14(18-15)11(2)3)20(5)13-9-7-8-10-13/h11,13H,6-10H2,1-5H3,(H,17,18,19). The number of hydrogen-bond donors (Lipinski definition) is 1. The first-order valence-electron chi connectivity index (χ1n) is 7.89. The summed E-state index contributed by atoms with van der Waals surface area (Å²) < 4.78 is 0. The zero-order valence-electron chi connectivity index (χ0n) is 13.5. The molecule has 0 unspecified atom stereocenters. The Morgan fingerprint density at radius 3 is 2.45 bits per heavy atom. The van der Waals surface area contributed by atoms with Crippen LogP contribution < -0.4 is 10.2 Å². The fourth-order valence-electron chi connectivity index (χ4n) is 2.93. The molecule has 0 aliphatic heterocycles. The summed E-state index contributed by atoms with van der Waals surface area (Å²) in [7, 11) is 2.19. The van der Waals surface area contributed by atoms with Crippen molar-refractivity contribution in [1.82, 2.24) is 9.97 Å². The van der Waals surface area contributed by atoms with Crippen molar-refractivity contribution in [3.05, 3.63) is 11.4 Å². The third-order valence-electron chi connectivity index (χ3n) is 4.20. The highest BCUT2D eigenvalue weighted by Crippen LogP contribution is 2.31. The number of nitrogens with zero attached hydrogens (tertiary/aromatic N) is 3. The lowest BCUT2D eigenvalue weighted by molar-refractivity contribution is 0.638. The van der Waals surface area contributed by atoms with Crippen LogP contribution in [0, 0.1) is 6.92 Å². The van der Waals surface area contributed by atoms with Gasteiger partial charge in [-0.05, 0) is 26.7 Å². The smallest absolute Gasteiger partial charge is 0.137 e. The van der Waals surface area contributed by atoms with Crippen LogP contribution in [0.1, 0.15) is 63.8 Å². The molecule has 4 nitrogen and oxygen atoms in total. The van der Waals surface area contributed by atoms with E-state index < -0.39 is 0 Å². The van der Waals surface area contributed by atoms with Crippen LogP contribution in [0.2, 0.25) is 0 Å². The largest absolute Gasteiger partial charge is 0.370 e. The molecule has 1 N–H and O–H groups in total. The quantitative estimate of drug-likeness (QED) is 0.890. The topological polar surface area (TPSA) is 41.1 Å². The molecule has 1 aromatic rings. The van der Waals surface area contributed by atoms with Gasteiger partial charge in [0, 0.05) is 31.1 Å². The average Bonchev–Trinajstić information content (AvgIpc) is 2.94. The Morgan fingerprint density at radius 1 is 1.25 bits per heavy atom. The lowest BCUT2D eigenvalue weighted by atomic mass is 10.1. The van der Waals surface area contributed by atoms with E-state index in [-0.39, 0.29) is 0 Å². The molecule has 0 atom stereocenters. The lowest BCUT2D eigenvalue weighted by Crippen LogP contribution is -2.31. The molecule has 1 aliphatic rings. The second kappa shape index (κ2) is 6.42. The Balaban J connectivity index is 2.38. The van der Waals surface area contributed by atoms with E-state index in [2.05, 4.69) is 49.9 Å². The van der Waals surface area contributed by atoms with Gasteiger partial charge >= 0.3 is 0 Å². The van der Waals surface area contributed by atoms with Crippen LogP contribution in [0.15, 0.2) is 0 Å². The molecule has 1 aromatic heterocycles. The predicted molar refractivity (Wildman–Crippen MR) is 85.7 cm³/mol. The molecule has 0 aromatic carbocycles. The normalized spacial score (nSPS) is 15.9. The Labute approximate surface area is 123 Å². The van der Waals surface area contributed by atoms with Crippen molar-refractivity contribution in [3.63, 3.8) is 0 Å². The van der Waals surface area contributed by atoms with E-state index in [1.165, 1.54) is 31.2 Å². The summed E-state index contributed by atoms with van der Waals surface area (Å²) in [5.74, 6) is 3.38. The van der Waals surface area contributed by atoms with Crippen LogP contribution in [-0.4, -0.2) is 29.6 Å². The first kappa shape index (κ1) is 15.1. The van der Waals surface area contributed by atoms with Gasteiger partial charge in [-0.1, -0.05) is 26.7 Å². The van der Waals surface area contributed by atoms with Gasteiger partial charge in [0.2, 0.25) is 0 Å². The van der Waals surface area contributed by atoms with E-state index in [0.717, 1.165) is 24.0 Å². The molecule has 0 amide bonds. The minimum Gasteiger partial charge on any atom is -0.370 e. The van der Waals surface area contributed by atoms with Crippen molar-refractivity contribution in [2.75, 3.05) is 23.8 Å². The van der Waals surface area contributed by atoms with Crippen molar-refractivity contribution in [3.8, 4) is 0 Å². The number of nitrogens with one attached hydrogen (secondary N) is 1. The minimum absolute atomic E-state index is 0.351. The zero-order chi connectivity index (χ0) is 14.7. The van der Waals surface area contributed by atoms with E-state index in [0.29, 0.717) is 12.0 Å². The first-order valence-corrected chi connectivity index (χ1v) is 7.89. The van der Waals surface area contributed by atoms with Crippen LogP contribution >= 0.6 is 0 Å². The van der Waals surface area contributed by atoms with E-state index in [1.54, 1.807) is 0 Å². The van der Waals surface area contributed by atoms with Crippen LogP contribution in [0.3, 0.4) is 0 Å². The van der Waals surface area contributed by atoms with Crippen molar-refractivity contribution < 1.29 is 0 Å². The highest BCUT2D eigenvalue weighted by atomic mass is 15.2. The molecule has 1 fully saturated rings. The highest BCUT2D eigenvalue weighted by Gasteiger charge is 2.24. The molecule has 0 spiro atoms. The Kier molecular flexibility index (Phi) is 4.84. The SMILES string of the molecule is CCNc1nc(C(C)C)nc(N(C)C2CCCC2)c1C. The summed E-state index contributed by atoms with van der Waals surface area (Å²) in [4.78, 5) is 11.9. The summed E-state index contributed by atoms with van der Waals surface area (Å²) in [6.07, 6.45) is 5.26. The number of rotatable bonds is 5. The van der Waals surface area contributed by atoms with Gasteiger partial charge in [-0.25, -0.2) is 9.97 Å². The van der Waals surface area contributed by atoms with Crippen LogP contribution in [0.4, 0.5) is 11.6 Å². The van der Waals surface area contributed by atoms with Gasteiger partial charge in [0.15, 0.2) is 0 Å². The zero-order valence-corrected chi connectivity index (χ0v) is 13.5. The van der Waals surface area contributed by atoms with E-state index in [9.17, 15) is 0 Å². The molecule has 1 saturated carbocycles. The van der Waals surface area contributed by atoms with Gasteiger partial charge in [0.25, 0.3) is 0 Å². The third-order valence-corrected chi connectivity index (χ3v) is 4.20. The lowest BCUT2D eigenvalue weighted by Gasteiger charge is -2.28. The second-order valence-corrected chi connectivity index (χ2v) is 6.11. The minimum atomic E-state index is 0.351. The third kappa shape index (κ3) is 3.05. The second-order valence-electron chi connectivity index (χ2n) is 6.11. The van der Waals surface area contributed by atoms with Crippen LogP contribution in [-0.2, 0) is 0 Å². The van der Waals surface area contributed by atoms with Gasteiger partial charge in [0.05, 0.1) is 0 Å². The fraction of sp³-hybridized carbons (Fsp3) is 0.750. The summed E-state index contributed by atoms with van der Waals surface area (Å²) in [6, 6.07) is 0.637. The maximum absolute atomic E-state index is 4.83. The molecule has 20 heavy (non-hydrogen) atoms. The van der Waals surface area contributed by atoms with Crippen molar-refractivity contribution in [2.24, 2.45) is 0 Å². The fourth-order valence-corrected chi connectivity index (χ4v) is 2.93. The first-order chi connectivity index (χ1) is 9.54. The summed E-state index contributed by atoms with van der Waals surface area (Å²) >= 11 is 0. The predicted octanol–water partition coefficient (Wildman–Crippen LogP) is 3.72. The Hall–Kier alpha value is -1.32. The van der Waals surface area contributed by atoms with Gasteiger partial charge < -0.3 is 10.2 Å². The van der Waals surface area contributed by atoms with Gasteiger partial charge in [-0.2, -0.15) is 0 Å². The average molecular weight is 276 g/mol. The maximum atomic E-state index is 4.83. The molecule has 1 heterocycles. The summed E-state index contributed by atoms with van der Waals surface area (Å²) in [6.45, 7) is 9.43. The Morgan fingerprint density at radius 2 is 1.90 bits per heavy atom. The molecule has 2 rings (SSSR count). The van der Waals surface area contributed by atoms with E-state index >= 15 is 0 Å². The van der Waals surface area contributed by atoms with Gasteiger partial charge in [0.1, 0.15) is 17.5 Å². The molecule has 0 saturated heterocycles. The van der Waals surface area contributed by atoms with Crippen molar-refractivity contribution >= 4 is 11.6 Å². The van der Waals surface area contributed by atoms with Crippen molar-refractivity contribution in [2.45, 2.75) is 65.3 Å². The number of aromatic nitrogens is 2. The van der Waals surface area contributed by atoms with Crippen LogP contribution in [0.25, 0.3) is 0 Å². The summed E-state index contributed by atoms with van der Waals surface area (Å²) in [5, 5.41) is 3.38. The monoisotopic (exact) mass is 276 g/mol. The van der Waals surface area contributed by atoms with E-state index in [1.807, 2.05) is 0 Å². The molecule has 0 radical (unpaired) electrons. The van der Waals surface area contributed by atoms with Gasteiger partial charge in [-0.3, -0.25) is 0 Å². The summed E-state index contributed by atoms with van der Waals surface area (Å²) in [5.41, 5.74) is 1.17. The number of hydrogen-bond acceptors (Lipinski definition) is 4. The molecule has 1 aliphatic carbocycles. The van der Waals surface area contributed by atoms with Crippen molar-refractivity contribution in [1.29, 1.82) is 0 Å². The Bertz CT molecular complexity index is 450. The number of anilines is 2. The maximum Gasteiger partial charge on any atom is 0.137 e. The molecule has 0 bridgehead atoms. The molecular weight excluding hydrogens is 248 g/mol. The van der Waals surface area contributed by atoms with Gasteiger partial charge in [-0.15, -0.1) is 0 Å². The molecule has 112 valence electrons. The van der Waals surface area contributed by atoms with Crippen LogP contribution in [0.5, 0.6) is 0 Å².